The molecule has 2 aliphatic heterocycles. The zero-order valence-corrected chi connectivity index (χ0v) is 9.00. The maximum atomic E-state index is 6.15. The van der Waals surface area contributed by atoms with Gasteiger partial charge >= 0.3 is 0 Å². The van der Waals surface area contributed by atoms with Gasteiger partial charge in [0.1, 0.15) is 5.72 Å². The number of rotatable bonds is 1. The van der Waals surface area contributed by atoms with Gasteiger partial charge < -0.3 is 4.74 Å². The molecule has 0 aromatic rings. The molecule has 0 bridgehead atoms. The van der Waals surface area contributed by atoms with Crippen molar-refractivity contribution in [1.29, 1.82) is 0 Å². The molecule has 3 aliphatic rings. The van der Waals surface area contributed by atoms with Crippen LogP contribution in [-0.2, 0) is 4.74 Å². The van der Waals surface area contributed by atoms with E-state index in [1.54, 1.807) is 0 Å². The van der Waals surface area contributed by atoms with Gasteiger partial charge in [0.05, 0.1) is 0 Å². The van der Waals surface area contributed by atoms with E-state index in [9.17, 15) is 0 Å². The zero-order chi connectivity index (χ0) is 9.43. The molecular weight excluding hydrogens is 174 g/mol. The highest BCUT2D eigenvalue weighted by atomic mass is 16.5. The van der Waals surface area contributed by atoms with E-state index in [0.29, 0.717) is 0 Å². The predicted octanol–water partition coefficient (Wildman–Crippen LogP) is 2.39. The first-order valence-corrected chi connectivity index (χ1v) is 6.31. The molecule has 3 fully saturated rings. The second kappa shape index (κ2) is 3.49. The van der Waals surface area contributed by atoms with E-state index in [1.165, 1.54) is 58.0 Å². The normalized spacial score (nSPS) is 44.1. The van der Waals surface area contributed by atoms with E-state index >= 15 is 0 Å². The Kier molecular flexibility index (Phi) is 2.29. The lowest BCUT2D eigenvalue weighted by molar-refractivity contribution is -0.153. The summed E-state index contributed by atoms with van der Waals surface area (Å²) in [6.45, 7) is 3.59. The highest BCUT2D eigenvalue weighted by Crippen LogP contribution is 2.46. The van der Waals surface area contributed by atoms with Crippen molar-refractivity contribution in [1.82, 2.24) is 4.90 Å². The van der Waals surface area contributed by atoms with E-state index in [4.69, 9.17) is 4.74 Å². The maximum Gasteiger partial charge on any atom is 0.124 e. The summed E-state index contributed by atoms with van der Waals surface area (Å²) >= 11 is 0. The highest BCUT2D eigenvalue weighted by molar-refractivity contribution is 4.96. The summed E-state index contributed by atoms with van der Waals surface area (Å²) in [7, 11) is 0. The molecule has 2 heteroatoms. The molecule has 1 aliphatic carbocycles. The number of ether oxygens (including phenoxy) is 1. The maximum absolute atomic E-state index is 6.15. The number of fused-ring (bicyclic) bond motifs is 1. The van der Waals surface area contributed by atoms with Gasteiger partial charge in [0, 0.05) is 25.6 Å². The van der Waals surface area contributed by atoms with Crippen LogP contribution < -0.4 is 0 Å². The van der Waals surface area contributed by atoms with Gasteiger partial charge in [-0.3, -0.25) is 4.90 Å². The number of likely N-dealkylation sites (tertiary alicyclic amines) is 1. The quantitative estimate of drug-likeness (QED) is 0.637. The molecule has 2 atom stereocenters. The Hall–Kier alpha value is -0.0800. The SMILES string of the molecule is C1CCC2(N3CCCC3)OCCC2C1. The Morgan fingerprint density at radius 2 is 1.86 bits per heavy atom. The minimum absolute atomic E-state index is 0.203. The van der Waals surface area contributed by atoms with Crippen LogP contribution in [0.5, 0.6) is 0 Å². The fourth-order valence-corrected chi connectivity index (χ4v) is 3.74. The van der Waals surface area contributed by atoms with Gasteiger partial charge in [0.15, 0.2) is 0 Å². The van der Waals surface area contributed by atoms with Crippen LogP contribution in [0.2, 0.25) is 0 Å². The molecule has 14 heavy (non-hydrogen) atoms. The Balaban J connectivity index is 1.83. The van der Waals surface area contributed by atoms with E-state index in [-0.39, 0.29) is 5.72 Å². The molecule has 0 amide bonds. The molecule has 0 N–H and O–H groups in total. The molecule has 0 aromatic carbocycles. The molecule has 0 spiro atoms. The molecule has 80 valence electrons. The van der Waals surface area contributed by atoms with Crippen LogP contribution in [0.15, 0.2) is 0 Å². The van der Waals surface area contributed by atoms with Crippen LogP contribution in [0, 0.1) is 5.92 Å². The first kappa shape index (κ1) is 9.17. The third-order valence-electron chi connectivity index (χ3n) is 4.44. The molecule has 0 radical (unpaired) electrons. The molecule has 3 rings (SSSR count). The Morgan fingerprint density at radius 1 is 1.00 bits per heavy atom. The van der Waals surface area contributed by atoms with Gasteiger partial charge in [0.2, 0.25) is 0 Å². The van der Waals surface area contributed by atoms with Gasteiger partial charge in [-0.25, -0.2) is 0 Å². The van der Waals surface area contributed by atoms with Crippen molar-refractivity contribution in [2.75, 3.05) is 19.7 Å². The monoisotopic (exact) mass is 195 g/mol. The number of hydrogen-bond acceptors (Lipinski definition) is 2. The number of hydrogen-bond donors (Lipinski definition) is 0. The van der Waals surface area contributed by atoms with Crippen molar-refractivity contribution < 1.29 is 4.74 Å². The van der Waals surface area contributed by atoms with Crippen LogP contribution >= 0.6 is 0 Å². The largest absolute Gasteiger partial charge is 0.360 e. The van der Waals surface area contributed by atoms with Crippen molar-refractivity contribution in [2.45, 2.75) is 50.7 Å². The second-order valence-corrected chi connectivity index (χ2v) is 5.12. The Bertz CT molecular complexity index is 212. The fourth-order valence-electron chi connectivity index (χ4n) is 3.74. The summed E-state index contributed by atoms with van der Waals surface area (Å²) in [4.78, 5) is 2.66. The molecule has 0 aromatic heterocycles. The molecule has 2 nitrogen and oxygen atoms in total. The smallest absolute Gasteiger partial charge is 0.124 e. The summed E-state index contributed by atoms with van der Waals surface area (Å²) in [6.07, 6.45) is 9.62. The van der Waals surface area contributed by atoms with Crippen molar-refractivity contribution in [2.24, 2.45) is 5.92 Å². The summed E-state index contributed by atoms with van der Waals surface area (Å²) in [6, 6.07) is 0. The van der Waals surface area contributed by atoms with Gasteiger partial charge in [0.25, 0.3) is 0 Å². The van der Waals surface area contributed by atoms with Crippen molar-refractivity contribution in [3.05, 3.63) is 0 Å². The lowest BCUT2D eigenvalue weighted by Gasteiger charge is -2.45. The van der Waals surface area contributed by atoms with Gasteiger partial charge in [-0.2, -0.15) is 0 Å². The Morgan fingerprint density at radius 3 is 2.71 bits per heavy atom. The van der Waals surface area contributed by atoms with Crippen LogP contribution in [0.4, 0.5) is 0 Å². The van der Waals surface area contributed by atoms with Crippen LogP contribution in [0.25, 0.3) is 0 Å². The van der Waals surface area contributed by atoms with Crippen molar-refractivity contribution in [3.8, 4) is 0 Å². The number of nitrogens with zero attached hydrogens (tertiary/aromatic N) is 1. The van der Waals surface area contributed by atoms with Gasteiger partial charge in [-0.15, -0.1) is 0 Å². The third kappa shape index (κ3) is 1.24. The lowest BCUT2D eigenvalue weighted by atomic mass is 9.80. The minimum atomic E-state index is 0.203. The predicted molar refractivity (Wildman–Crippen MR) is 56.1 cm³/mol. The van der Waals surface area contributed by atoms with Crippen LogP contribution in [0.1, 0.15) is 44.9 Å². The fraction of sp³-hybridized carbons (Fsp3) is 1.00. The van der Waals surface area contributed by atoms with E-state index in [1.807, 2.05) is 0 Å². The minimum Gasteiger partial charge on any atom is -0.360 e. The highest BCUT2D eigenvalue weighted by Gasteiger charge is 2.50. The first-order valence-electron chi connectivity index (χ1n) is 6.31. The molecule has 2 heterocycles. The standard InChI is InChI=1S/C12H21NO/c1-2-7-12(13-8-3-4-9-13)11(5-1)6-10-14-12/h11H,1-10H2. The van der Waals surface area contributed by atoms with Crippen molar-refractivity contribution >= 4 is 0 Å². The molecule has 1 saturated carbocycles. The molecule has 2 saturated heterocycles. The third-order valence-corrected chi connectivity index (χ3v) is 4.44. The van der Waals surface area contributed by atoms with Crippen molar-refractivity contribution in [3.63, 3.8) is 0 Å². The second-order valence-electron chi connectivity index (χ2n) is 5.12. The summed E-state index contributed by atoms with van der Waals surface area (Å²) < 4.78 is 6.15. The molecular formula is C12H21NO. The van der Waals surface area contributed by atoms with E-state index in [2.05, 4.69) is 4.90 Å². The topological polar surface area (TPSA) is 12.5 Å². The van der Waals surface area contributed by atoms with Gasteiger partial charge in [-0.05, 0) is 38.5 Å². The molecule has 2 unspecified atom stereocenters. The van der Waals surface area contributed by atoms with Gasteiger partial charge in [-0.1, -0.05) is 6.42 Å². The Labute approximate surface area is 86.6 Å². The lowest BCUT2D eigenvalue weighted by Crippen LogP contribution is -2.52. The first-order chi connectivity index (χ1) is 6.92. The average Bonchev–Trinajstić information content (AvgIpc) is 2.87. The van der Waals surface area contributed by atoms with E-state index < -0.39 is 0 Å². The average molecular weight is 195 g/mol. The van der Waals surface area contributed by atoms with Crippen LogP contribution in [0.3, 0.4) is 0 Å². The summed E-state index contributed by atoms with van der Waals surface area (Å²) in [5, 5.41) is 0. The van der Waals surface area contributed by atoms with Crippen LogP contribution in [-0.4, -0.2) is 30.3 Å². The van der Waals surface area contributed by atoms with E-state index in [0.717, 1.165) is 12.5 Å². The zero-order valence-electron chi connectivity index (χ0n) is 9.00. The summed E-state index contributed by atoms with van der Waals surface area (Å²) in [5.74, 6) is 0.856. The summed E-state index contributed by atoms with van der Waals surface area (Å²) in [5.41, 5.74) is 0.203.